The smallest absolute Gasteiger partial charge is 0.123 e. The van der Waals surface area contributed by atoms with Crippen molar-refractivity contribution in [1.82, 2.24) is 15.5 Å². The molecule has 3 N–H and O–H groups in total. The van der Waals surface area contributed by atoms with Crippen LogP contribution in [0.25, 0.3) is 11.3 Å². The molecule has 0 aliphatic rings. The molecule has 0 atom stereocenters. The van der Waals surface area contributed by atoms with Crippen molar-refractivity contribution in [2.75, 3.05) is 6.54 Å². The fourth-order valence-corrected chi connectivity index (χ4v) is 2.51. The van der Waals surface area contributed by atoms with Gasteiger partial charge in [0.05, 0.1) is 17.5 Å². The Labute approximate surface area is 135 Å². The summed E-state index contributed by atoms with van der Waals surface area (Å²) < 4.78 is 13.0. The van der Waals surface area contributed by atoms with Crippen molar-refractivity contribution >= 4 is 0 Å². The van der Waals surface area contributed by atoms with Crippen molar-refractivity contribution in [3.8, 4) is 11.3 Å². The van der Waals surface area contributed by atoms with E-state index in [2.05, 4.69) is 28.7 Å². The fraction of sp³-hybridized carbons (Fsp3) is 0.278. The molecular formula is C18H22FN3O. The first-order chi connectivity index (χ1) is 11.1. The zero-order chi connectivity index (χ0) is 16.7. The number of aromatic nitrogens is 2. The molecule has 0 radical (unpaired) electrons. The van der Waals surface area contributed by atoms with E-state index >= 15 is 0 Å². The third-order valence-corrected chi connectivity index (χ3v) is 3.67. The number of nitrogens with zero attached hydrogens (tertiary/aromatic N) is 1. The third kappa shape index (κ3) is 4.61. The van der Waals surface area contributed by atoms with E-state index in [4.69, 9.17) is 0 Å². The lowest BCUT2D eigenvalue weighted by atomic mass is 9.95. The molecule has 0 aliphatic carbocycles. The van der Waals surface area contributed by atoms with Gasteiger partial charge in [-0.2, -0.15) is 5.10 Å². The molecule has 0 saturated carbocycles. The molecule has 0 unspecified atom stereocenters. The molecule has 1 aromatic heterocycles. The summed E-state index contributed by atoms with van der Waals surface area (Å²) in [6, 6.07) is 6.25. The SMILES string of the molecule is C=CCC(O)(CC=C)CNCc1cn[nH]c1-c1ccc(F)cc1. The van der Waals surface area contributed by atoms with Crippen LogP contribution in [0, 0.1) is 5.82 Å². The predicted molar refractivity (Wildman–Crippen MR) is 90.3 cm³/mol. The molecule has 2 aromatic rings. The number of H-pyrrole nitrogens is 1. The Morgan fingerprint density at radius 3 is 2.48 bits per heavy atom. The maximum absolute atomic E-state index is 13.0. The Bertz CT molecular complexity index is 639. The van der Waals surface area contributed by atoms with Crippen LogP contribution in [0.2, 0.25) is 0 Å². The standard InChI is InChI=1S/C18H22FN3O/c1-3-9-18(23,10-4-2)13-20-11-15-12-21-22-17(15)14-5-7-16(19)8-6-14/h3-8,12,20,23H,1-2,9-11,13H2,(H,21,22). The van der Waals surface area contributed by atoms with E-state index in [0.717, 1.165) is 16.8 Å². The quantitative estimate of drug-likeness (QED) is 0.623. The molecule has 122 valence electrons. The van der Waals surface area contributed by atoms with Gasteiger partial charge < -0.3 is 10.4 Å². The zero-order valence-electron chi connectivity index (χ0n) is 13.1. The lowest BCUT2D eigenvalue weighted by molar-refractivity contribution is 0.0461. The van der Waals surface area contributed by atoms with Gasteiger partial charge in [-0.15, -0.1) is 13.2 Å². The summed E-state index contributed by atoms with van der Waals surface area (Å²) in [6.45, 7) is 8.32. The van der Waals surface area contributed by atoms with Crippen LogP contribution in [-0.4, -0.2) is 27.4 Å². The fourth-order valence-electron chi connectivity index (χ4n) is 2.51. The molecule has 1 heterocycles. The number of aliphatic hydroxyl groups is 1. The second kappa shape index (κ2) is 7.85. The molecular weight excluding hydrogens is 293 g/mol. The number of rotatable bonds is 9. The number of hydrogen-bond donors (Lipinski definition) is 3. The largest absolute Gasteiger partial charge is 0.388 e. The first kappa shape index (κ1) is 17.1. The molecule has 0 amide bonds. The molecule has 4 nitrogen and oxygen atoms in total. The van der Waals surface area contributed by atoms with Crippen LogP contribution in [-0.2, 0) is 6.54 Å². The Balaban J connectivity index is 2.02. The lowest BCUT2D eigenvalue weighted by Crippen LogP contribution is -2.39. The minimum Gasteiger partial charge on any atom is -0.388 e. The highest BCUT2D eigenvalue weighted by Gasteiger charge is 2.23. The second-order valence-corrected chi connectivity index (χ2v) is 5.59. The van der Waals surface area contributed by atoms with E-state index in [1.165, 1.54) is 12.1 Å². The molecule has 23 heavy (non-hydrogen) atoms. The third-order valence-electron chi connectivity index (χ3n) is 3.67. The van der Waals surface area contributed by atoms with Crippen molar-refractivity contribution in [2.45, 2.75) is 25.0 Å². The number of hydrogen-bond acceptors (Lipinski definition) is 3. The molecule has 0 aliphatic heterocycles. The van der Waals surface area contributed by atoms with Crippen LogP contribution < -0.4 is 5.32 Å². The van der Waals surface area contributed by atoms with Gasteiger partial charge in [-0.1, -0.05) is 12.2 Å². The lowest BCUT2D eigenvalue weighted by Gasteiger charge is -2.26. The summed E-state index contributed by atoms with van der Waals surface area (Å²) in [4.78, 5) is 0. The van der Waals surface area contributed by atoms with Crippen LogP contribution in [0.5, 0.6) is 0 Å². The van der Waals surface area contributed by atoms with E-state index < -0.39 is 5.60 Å². The maximum Gasteiger partial charge on any atom is 0.123 e. The van der Waals surface area contributed by atoms with Crippen LogP contribution in [0.3, 0.4) is 0 Å². The van der Waals surface area contributed by atoms with Crippen LogP contribution in [0.1, 0.15) is 18.4 Å². The van der Waals surface area contributed by atoms with Gasteiger partial charge in [0.2, 0.25) is 0 Å². The predicted octanol–water partition coefficient (Wildman–Crippen LogP) is 3.19. The summed E-state index contributed by atoms with van der Waals surface area (Å²) in [6.07, 6.45) is 6.11. The minimum atomic E-state index is -0.886. The summed E-state index contributed by atoms with van der Waals surface area (Å²) in [5.41, 5.74) is 1.78. The van der Waals surface area contributed by atoms with Gasteiger partial charge >= 0.3 is 0 Å². The molecule has 0 saturated heterocycles. The zero-order valence-corrected chi connectivity index (χ0v) is 13.1. The number of halogens is 1. The topological polar surface area (TPSA) is 60.9 Å². The highest BCUT2D eigenvalue weighted by molar-refractivity contribution is 5.62. The van der Waals surface area contributed by atoms with E-state index in [-0.39, 0.29) is 5.82 Å². The molecule has 0 fully saturated rings. The first-order valence-corrected chi connectivity index (χ1v) is 7.51. The second-order valence-electron chi connectivity index (χ2n) is 5.59. The maximum atomic E-state index is 13.0. The van der Waals surface area contributed by atoms with Gasteiger partial charge in [-0.05, 0) is 37.1 Å². The van der Waals surface area contributed by atoms with E-state index in [0.29, 0.717) is 25.9 Å². The van der Waals surface area contributed by atoms with Crippen molar-refractivity contribution in [2.24, 2.45) is 0 Å². The highest BCUT2D eigenvalue weighted by atomic mass is 19.1. The Hall–Kier alpha value is -2.24. The van der Waals surface area contributed by atoms with Gasteiger partial charge in [0, 0.05) is 24.2 Å². The van der Waals surface area contributed by atoms with Gasteiger partial charge in [0.1, 0.15) is 5.82 Å². The molecule has 1 aromatic carbocycles. The average Bonchev–Trinajstić information content (AvgIpc) is 2.97. The monoisotopic (exact) mass is 315 g/mol. The highest BCUT2D eigenvalue weighted by Crippen LogP contribution is 2.22. The summed E-state index contributed by atoms with van der Waals surface area (Å²) in [5, 5.41) is 20.7. The number of benzene rings is 1. The van der Waals surface area contributed by atoms with Crippen molar-refractivity contribution < 1.29 is 9.50 Å². The Morgan fingerprint density at radius 2 is 1.87 bits per heavy atom. The summed E-state index contributed by atoms with van der Waals surface area (Å²) in [7, 11) is 0. The van der Waals surface area contributed by atoms with Crippen LogP contribution in [0.15, 0.2) is 55.8 Å². The van der Waals surface area contributed by atoms with Crippen molar-refractivity contribution in [1.29, 1.82) is 0 Å². The molecule has 0 spiro atoms. The Kier molecular flexibility index (Phi) is 5.84. The summed E-state index contributed by atoms with van der Waals surface area (Å²) >= 11 is 0. The molecule has 0 bridgehead atoms. The number of aromatic amines is 1. The minimum absolute atomic E-state index is 0.271. The van der Waals surface area contributed by atoms with Crippen molar-refractivity contribution in [3.05, 3.63) is 67.2 Å². The average molecular weight is 315 g/mol. The van der Waals surface area contributed by atoms with Gasteiger partial charge in [0.15, 0.2) is 0 Å². The molecule has 2 rings (SSSR count). The van der Waals surface area contributed by atoms with Gasteiger partial charge in [-0.3, -0.25) is 5.10 Å². The molecule has 5 heteroatoms. The normalized spacial score (nSPS) is 11.4. The van der Waals surface area contributed by atoms with Gasteiger partial charge in [0.25, 0.3) is 0 Å². The first-order valence-electron chi connectivity index (χ1n) is 7.51. The van der Waals surface area contributed by atoms with E-state index in [1.54, 1.807) is 30.5 Å². The van der Waals surface area contributed by atoms with Gasteiger partial charge in [-0.25, -0.2) is 4.39 Å². The number of nitrogens with one attached hydrogen (secondary N) is 2. The summed E-state index contributed by atoms with van der Waals surface area (Å²) in [5.74, 6) is -0.271. The van der Waals surface area contributed by atoms with E-state index in [1.807, 2.05) is 0 Å². The van der Waals surface area contributed by atoms with Crippen LogP contribution >= 0.6 is 0 Å². The Morgan fingerprint density at radius 1 is 1.22 bits per heavy atom. The van der Waals surface area contributed by atoms with E-state index in [9.17, 15) is 9.50 Å². The van der Waals surface area contributed by atoms with Crippen molar-refractivity contribution in [3.63, 3.8) is 0 Å². The van der Waals surface area contributed by atoms with Crippen LogP contribution in [0.4, 0.5) is 4.39 Å².